The van der Waals surface area contributed by atoms with Crippen molar-refractivity contribution < 1.29 is 4.74 Å². The van der Waals surface area contributed by atoms with Gasteiger partial charge in [0.2, 0.25) is 0 Å². The Bertz CT molecular complexity index is 396. The fourth-order valence-electron chi connectivity index (χ4n) is 1.70. The molecule has 0 saturated carbocycles. The standard InChI is InChI=1S/C13H16N2O/c1-2-16-13-10-12(14-8-9-15-13)11-6-4-3-5-7-11/h3-7H,2,8-10H2,1H3. The van der Waals surface area contributed by atoms with E-state index in [4.69, 9.17) is 4.74 Å². The molecule has 0 fully saturated rings. The molecule has 0 aliphatic carbocycles. The maximum Gasteiger partial charge on any atom is 0.189 e. The van der Waals surface area contributed by atoms with Gasteiger partial charge in [0, 0.05) is 0 Å². The summed E-state index contributed by atoms with van der Waals surface area (Å²) in [5.74, 6) is 0.808. The largest absolute Gasteiger partial charge is 0.481 e. The maximum absolute atomic E-state index is 5.48. The Hall–Kier alpha value is -1.64. The summed E-state index contributed by atoms with van der Waals surface area (Å²) in [6.07, 6.45) is 0.706. The molecule has 0 bridgehead atoms. The third-order valence-corrected chi connectivity index (χ3v) is 2.43. The van der Waals surface area contributed by atoms with E-state index in [-0.39, 0.29) is 0 Å². The molecule has 16 heavy (non-hydrogen) atoms. The quantitative estimate of drug-likeness (QED) is 0.747. The van der Waals surface area contributed by atoms with E-state index >= 15 is 0 Å². The van der Waals surface area contributed by atoms with E-state index in [9.17, 15) is 0 Å². The lowest BCUT2D eigenvalue weighted by Crippen LogP contribution is -2.11. The minimum atomic E-state index is 0.668. The van der Waals surface area contributed by atoms with Crippen molar-refractivity contribution in [2.75, 3.05) is 19.7 Å². The van der Waals surface area contributed by atoms with Crippen molar-refractivity contribution in [3.63, 3.8) is 0 Å². The van der Waals surface area contributed by atoms with Crippen molar-refractivity contribution >= 4 is 11.6 Å². The zero-order valence-electron chi connectivity index (χ0n) is 9.52. The molecule has 0 atom stereocenters. The fourth-order valence-corrected chi connectivity index (χ4v) is 1.70. The Morgan fingerprint density at radius 3 is 2.62 bits per heavy atom. The van der Waals surface area contributed by atoms with E-state index in [1.807, 2.05) is 25.1 Å². The Kier molecular flexibility index (Phi) is 3.70. The van der Waals surface area contributed by atoms with E-state index in [1.54, 1.807) is 0 Å². The van der Waals surface area contributed by atoms with Gasteiger partial charge in [-0.1, -0.05) is 30.3 Å². The molecule has 0 spiro atoms. The van der Waals surface area contributed by atoms with E-state index in [2.05, 4.69) is 22.1 Å². The van der Waals surface area contributed by atoms with Gasteiger partial charge in [-0.15, -0.1) is 0 Å². The third kappa shape index (κ3) is 2.69. The molecular weight excluding hydrogens is 200 g/mol. The minimum Gasteiger partial charge on any atom is -0.481 e. The van der Waals surface area contributed by atoms with E-state index in [0.29, 0.717) is 13.0 Å². The molecule has 1 aliphatic heterocycles. The van der Waals surface area contributed by atoms with E-state index in [0.717, 1.165) is 30.3 Å². The Morgan fingerprint density at radius 1 is 1.12 bits per heavy atom. The van der Waals surface area contributed by atoms with Gasteiger partial charge in [-0.05, 0) is 12.5 Å². The molecule has 2 rings (SSSR count). The summed E-state index contributed by atoms with van der Waals surface area (Å²) in [6, 6.07) is 10.2. The van der Waals surface area contributed by atoms with Crippen molar-refractivity contribution in [1.82, 2.24) is 0 Å². The molecule has 0 radical (unpaired) electrons. The summed E-state index contributed by atoms with van der Waals surface area (Å²) in [4.78, 5) is 8.92. The SMILES string of the molecule is CCOC1=NCCN=C(c2ccccc2)C1. The lowest BCUT2D eigenvalue weighted by atomic mass is 10.1. The number of hydrogen-bond donors (Lipinski definition) is 0. The van der Waals surface area contributed by atoms with Gasteiger partial charge in [0.1, 0.15) is 0 Å². The predicted molar refractivity (Wildman–Crippen MR) is 66.4 cm³/mol. The molecule has 3 heteroatoms. The van der Waals surface area contributed by atoms with Gasteiger partial charge in [0.25, 0.3) is 0 Å². The van der Waals surface area contributed by atoms with Crippen LogP contribution in [-0.2, 0) is 4.74 Å². The van der Waals surface area contributed by atoms with Gasteiger partial charge < -0.3 is 4.74 Å². The first-order valence-corrected chi connectivity index (χ1v) is 5.65. The van der Waals surface area contributed by atoms with Crippen molar-refractivity contribution in [2.45, 2.75) is 13.3 Å². The molecule has 1 aromatic rings. The molecule has 0 amide bonds. The average Bonchev–Trinajstić information content (AvgIpc) is 2.56. The van der Waals surface area contributed by atoms with Crippen LogP contribution in [0.3, 0.4) is 0 Å². The zero-order valence-corrected chi connectivity index (χ0v) is 9.52. The lowest BCUT2D eigenvalue weighted by Gasteiger charge is -2.07. The Labute approximate surface area is 95.9 Å². The predicted octanol–water partition coefficient (Wildman–Crippen LogP) is 2.31. The summed E-state index contributed by atoms with van der Waals surface area (Å²) >= 11 is 0. The van der Waals surface area contributed by atoms with Crippen LogP contribution in [0.4, 0.5) is 0 Å². The topological polar surface area (TPSA) is 34.0 Å². The average molecular weight is 216 g/mol. The molecule has 3 nitrogen and oxygen atoms in total. The first-order valence-electron chi connectivity index (χ1n) is 5.65. The molecular formula is C13H16N2O. The van der Waals surface area contributed by atoms with Gasteiger partial charge in [0.05, 0.1) is 31.8 Å². The second-order valence-electron chi connectivity index (χ2n) is 3.58. The number of nitrogens with zero attached hydrogens (tertiary/aromatic N) is 2. The highest BCUT2D eigenvalue weighted by atomic mass is 16.5. The summed E-state index contributed by atoms with van der Waals surface area (Å²) in [6.45, 7) is 4.13. The van der Waals surface area contributed by atoms with Crippen LogP contribution in [0.5, 0.6) is 0 Å². The highest BCUT2D eigenvalue weighted by molar-refractivity contribution is 6.10. The van der Waals surface area contributed by atoms with Crippen LogP contribution >= 0.6 is 0 Å². The van der Waals surface area contributed by atoms with Crippen LogP contribution in [-0.4, -0.2) is 31.3 Å². The van der Waals surface area contributed by atoms with E-state index < -0.39 is 0 Å². The van der Waals surface area contributed by atoms with Crippen molar-refractivity contribution in [1.29, 1.82) is 0 Å². The van der Waals surface area contributed by atoms with Crippen LogP contribution in [0.25, 0.3) is 0 Å². The molecule has 1 heterocycles. The Morgan fingerprint density at radius 2 is 1.88 bits per heavy atom. The lowest BCUT2D eigenvalue weighted by molar-refractivity contribution is 0.321. The molecule has 0 N–H and O–H groups in total. The second-order valence-corrected chi connectivity index (χ2v) is 3.58. The van der Waals surface area contributed by atoms with Crippen LogP contribution < -0.4 is 0 Å². The molecule has 1 aliphatic rings. The summed E-state index contributed by atoms with van der Waals surface area (Å²) in [5.41, 5.74) is 2.24. The highest BCUT2D eigenvalue weighted by Crippen LogP contribution is 2.09. The fraction of sp³-hybridized carbons (Fsp3) is 0.385. The number of hydrogen-bond acceptors (Lipinski definition) is 3. The highest BCUT2D eigenvalue weighted by Gasteiger charge is 2.11. The maximum atomic E-state index is 5.48. The van der Waals surface area contributed by atoms with Crippen LogP contribution in [0.15, 0.2) is 40.3 Å². The second kappa shape index (κ2) is 5.45. The number of benzene rings is 1. The van der Waals surface area contributed by atoms with Crippen molar-refractivity contribution in [2.24, 2.45) is 9.98 Å². The monoisotopic (exact) mass is 216 g/mol. The van der Waals surface area contributed by atoms with Crippen LogP contribution in [0, 0.1) is 0 Å². The van der Waals surface area contributed by atoms with Gasteiger partial charge in [-0.3, -0.25) is 9.98 Å². The third-order valence-electron chi connectivity index (χ3n) is 2.43. The number of ether oxygens (including phenoxy) is 1. The normalized spacial score (nSPS) is 16.1. The molecule has 1 aromatic carbocycles. The summed E-state index contributed by atoms with van der Waals surface area (Å²) < 4.78 is 5.48. The summed E-state index contributed by atoms with van der Waals surface area (Å²) in [5, 5.41) is 0. The number of aliphatic imine (C=N–C) groups is 2. The van der Waals surface area contributed by atoms with Gasteiger partial charge in [0.15, 0.2) is 5.90 Å². The van der Waals surface area contributed by atoms with Crippen molar-refractivity contribution in [3.05, 3.63) is 35.9 Å². The molecule has 0 unspecified atom stereocenters. The summed E-state index contributed by atoms with van der Waals surface area (Å²) in [7, 11) is 0. The first kappa shape index (κ1) is 10.9. The van der Waals surface area contributed by atoms with Crippen LogP contribution in [0.1, 0.15) is 18.9 Å². The van der Waals surface area contributed by atoms with Gasteiger partial charge >= 0.3 is 0 Å². The number of rotatable bonds is 2. The molecule has 0 aromatic heterocycles. The smallest absolute Gasteiger partial charge is 0.189 e. The first-order chi connectivity index (χ1) is 7.90. The minimum absolute atomic E-state index is 0.668. The van der Waals surface area contributed by atoms with E-state index in [1.165, 1.54) is 0 Å². The van der Waals surface area contributed by atoms with Gasteiger partial charge in [-0.2, -0.15) is 0 Å². The van der Waals surface area contributed by atoms with Crippen molar-refractivity contribution in [3.8, 4) is 0 Å². The van der Waals surface area contributed by atoms with Gasteiger partial charge in [-0.25, -0.2) is 0 Å². The molecule has 84 valence electrons. The molecule has 0 saturated heterocycles. The van der Waals surface area contributed by atoms with Crippen LogP contribution in [0.2, 0.25) is 0 Å². The zero-order chi connectivity index (χ0) is 11.2. The Balaban J connectivity index is 2.16.